The van der Waals surface area contributed by atoms with Gasteiger partial charge in [0.25, 0.3) is 0 Å². The lowest BCUT2D eigenvalue weighted by atomic mass is 10.3. The monoisotopic (exact) mass is 297 g/mol. The third-order valence-corrected chi connectivity index (χ3v) is 3.59. The Morgan fingerprint density at radius 3 is 2.35 bits per heavy atom. The zero-order chi connectivity index (χ0) is 14.4. The molecule has 1 amide bonds. The summed E-state index contributed by atoms with van der Waals surface area (Å²) in [6.45, 7) is 5.53. The van der Waals surface area contributed by atoms with Crippen molar-refractivity contribution in [2.24, 2.45) is 5.73 Å². The number of carbonyl (C=O) groups excluding carboxylic acids is 1. The molecule has 1 heterocycles. The van der Waals surface area contributed by atoms with Crippen LogP contribution in [0.2, 0.25) is 5.02 Å². The second-order valence-corrected chi connectivity index (χ2v) is 5.32. The summed E-state index contributed by atoms with van der Waals surface area (Å²) in [5.74, 6) is 0.575. The van der Waals surface area contributed by atoms with Gasteiger partial charge in [0.05, 0.1) is 6.54 Å². The fraction of sp³-hybridized carbons (Fsp3) is 0.500. The number of carbonyl (C=O) groups is 1. The van der Waals surface area contributed by atoms with Gasteiger partial charge in [-0.2, -0.15) is 0 Å². The third-order valence-electron chi connectivity index (χ3n) is 3.33. The first-order chi connectivity index (χ1) is 9.63. The number of nitrogens with zero attached hydrogens (tertiary/aromatic N) is 2. The van der Waals surface area contributed by atoms with Crippen molar-refractivity contribution in [2.45, 2.75) is 0 Å². The van der Waals surface area contributed by atoms with Crippen molar-refractivity contribution in [3.63, 3.8) is 0 Å². The van der Waals surface area contributed by atoms with Crippen molar-refractivity contribution >= 4 is 17.5 Å². The predicted octanol–water partition coefficient (Wildman–Crippen LogP) is 0.822. The average molecular weight is 298 g/mol. The zero-order valence-corrected chi connectivity index (χ0v) is 12.2. The molecule has 6 heteroatoms. The maximum absolute atomic E-state index is 10.8. The van der Waals surface area contributed by atoms with Gasteiger partial charge in [-0.3, -0.25) is 14.6 Å². The molecule has 1 aliphatic heterocycles. The minimum Gasteiger partial charge on any atom is -0.492 e. The van der Waals surface area contributed by atoms with Crippen molar-refractivity contribution in [3.8, 4) is 5.75 Å². The van der Waals surface area contributed by atoms with Crippen LogP contribution in [-0.4, -0.2) is 61.6 Å². The van der Waals surface area contributed by atoms with Gasteiger partial charge in [-0.15, -0.1) is 0 Å². The van der Waals surface area contributed by atoms with Gasteiger partial charge in [0.1, 0.15) is 12.4 Å². The maximum atomic E-state index is 10.8. The van der Waals surface area contributed by atoms with Crippen molar-refractivity contribution < 1.29 is 9.53 Å². The number of halogens is 1. The highest BCUT2D eigenvalue weighted by molar-refractivity contribution is 6.30. The molecule has 0 aromatic heterocycles. The second-order valence-electron chi connectivity index (χ2n) is 4.89. The normalized spacial score (nSPS) is 17.1. The van der Waals surface area contributed by atoms with Gasteiger partial charge >= 0.3 is 0 Å². The lowest BCUT2D eigenvalue weighted by Gasteiger charge is -2.33. The Labute approximate surface area is 124 Å². The van der Waals surface area contributed by atoms with Gasteiger partial charge in [0, 0.05) is 37.7 Å². The number of piperazine rings is 1. The Balaban J connectivity index is 1.63. The lowest BCUT2D eigenvalue weighted by molar-refractivity contribution is -0.119. The van der Waals surface area contributed by atoms with E-state index >= 15 is 0 Å². The summed E-state index contributed by atoms with van der Waals surface area (Å²) in [5, 5.41) is 0.711. The average Bonchev–Trinajstić information content (AvgIpc) is 2.42. The van der Waals surface area contributed by atoms with Gasteiger partial charge in [-0.1, -0.05) is 11.6 Å². The van der Waals surface area contributed by atoms with Crippen LogP contribution in [0.1, 0.15) is 0 Å². The molecule has 1 fully saturated rings. The summed E-state index contributed by atoms with van der Waals surface area (Å²) in [7, 11) is 0. The van der Waals surface area contributed by atoms with E-state index in [1.165, 1.54) is 0 Å². The van der Waals surface area contributed by atoms with Crippen molar-refractivity contribution in [1.29, 1.82) is 0 Å². The maximum Gasteiger partial charge on any atom is 0.231 e. The predicted molar refractivity (Wildman–Crippen MR) is 79.0 cm³/mol. The van der Waals surface area contributed by atoms with Crippen LogP contribution < -0.4 is 10.5 Å². The van der Waals surface area contributed by atoms with Crippen LogP contribution in [0.5, 0.6) is 5.75 Å². The standard InChI is InChI=1S/C14H20ClN3O2/c15-12-1-3-13(4-2-12)20-10-9-17-5-7-18(8-6-17)11-14(16)19/h1-4H,5-11H2,(H2,16,19). The van der Waals surface area contributed by atoms with E-state index in [1.54, 1.807) is 0 Å². The number of amides is 1. The van der Waals surface area contributed by atoms with Crippen LogP contribution >= 0.6 is 11.6 Å². The molecule has 0 radical (unpaired) electrons. The van der Waals surface area contributed by atoms with E-state index in [0.29, 0.717) is 18.2 Å². The van der Waals surface area contributed by atoms with Crippen molar-refractivity contribution in [2.75, 3.05) is 45.9 Å². The van der Waals surface area contributed by atoms with E-state index in [9.17, 15) is 4.79 Å². The summed E-state index contributed by atoms with van der Waals surface area (Å²) in [6.07, 6.45) is 0. The molecule has 1 aliphatic rings. The van der Waals surface area contributed by atoms with Crippen molar-refractivity contribution in [3.05, 3.63) is 29.3 Å². The Morgan fingerprint density at radius 1 is 1.15 bits per heavy atom. The number of primary amides is 1. The molecule has 2 rings (SSSR count). The fourth-order valence-corrected chi connectivity index (χ4v) is 2.34. The smallest absolute Gasteiger partial charge is 0.231 e. The Kier molecular flexibility index (Phi) is 5.64. The minimum atomic E-state index is -0.260. The topological polar surface area (TPSA) is 58.8 Å². The first-order valence-corrected chi connectivity index (χ1v) is 7.12. The molecule has 0 bridgehead atoms. The summed E-state index contributed by atoms with van der Waals surface area (Å²) >= 11 is 5.82. The molecule has 2 N–H and O–H groups in total. The van der Waals surface area contributed by atoms with Crippen LogP contribution in [0.25, 0.3) is 0 Å². The largest absolute Gasteiger partial charge is 0.492 e. The van der Waals surface area contributed by atoms with E-state index in [2.05, 4.69) is 9.80 Å². The SMILES string of the molecule is NC(=O)CN1CCN(CCOc2ccc(Cl)cc2)CC1. The number of hydrogen-bond acceptors (Lipinski definition) is 4. The molecule has 0 unspecified atom stereocenters. The fourth-order valence-electron chi connectivity index (χ4n) is 2.21. The van der Waals surface area contributed by atoms with Gasteiger partial charge in [0.15, 0.2) is 0 Å². The summed E-state index contributed by atoms with van der Waals surface area (Å²) in [5.41, 5.74) is 5.19. The quantitative estimate of drug-likeness (QED) is 0.845. The first-order valence-electron chi connectivity index (χ1n) is 6.75. The molecule has 1 aromatic carbocycles. The van der Waals surface area contributed by atoms with Crippen LogP contribution in [-0.2, 0) is 4.79 Å². The van der Waals surface area contributed by atoms with Gasteiger partial charge in [0.2, 0.25) is 5.91 Å². The molecule has 0 atom stereocenters. The highest BCUT2D eigenvalue weighted by Crippen LogP contribution is 2.15. The van der Waals surface area contributed by atoms with E-state index in [0.717, 1.165) is 38.5 Å². The van der Waals surface area contributed by atoms with E-state index < -0.39 is 0 Å². The number of nitrogens with two attached hydrogens (primary N) is 1. The van der Waals surface area contributed by atoms with Crippen LogP contribution in [0.3, 0.4) is 0 Å². The molecule has 110 valence electrons. The molecule has 1 saturated heterocycles. The molecule has 1 aromatic rings. The number of ether oxygens (including phenoxy) is 1. The Morgan fingerprint density at radius 2 is 1.75 bits per heavy atom. The van der Waals surface area contributed by atoms with Gasteiger partial charge < -0.3 is 10.5 Å². The van der Waals surface area contributed by atoms with Crippen molar-refractivity contribution in [1.82, 2.24) is 9.80 Å². The van der Waals surface area contributed by atoms with E-state index in [-0.39, 0.29) is 5.91 Å². The van der Waals surface area contributed by atoms with Crippen LogP contribution in [0.4, 0.5) is 0 Å². The summed E-state index contributed by atoms with van der Waals surface area (Å²) in [4.78, 5) is 15.2. The van der Waals surface area contributed by atoms with Gasteiger partial charge in [-0.05, 0) is 24.3 Å². The van der Waals surface area contributed by atoms with Gasteiger partial charge in [-0.25, -0.2) is 0 Å². The number of hydrogen-bond donors (Lipinski definition) is 1. The molecular formula is C14H20ClN3O2. The molecule has 5 nitrogen and oxygen atoms in total. The Hall–Kier alpha value is -1.30. The van der Waals surface area contributed by atoms with Crippen LogP contribution in [0.15, 0.2) is 24.3 Å². The summed E-state index contributed by atoms with van der Waals surface area (Å²) < 4.78 is 5.67. The van der Waals surface area contributed by atoms with E-state index in [4.69, 9.17) is 22.1 Å². The molecule has 20 heavy (non-hydrogen) atoms. The number of benzene rings is 1. The highest BCUT2D eigenvalue weighted by Gasteiger charge is 2.17. The lowest BCUT2D eigenvalue weighted by Crippen LogP contribution is -2.49. The minimum absolute atomic E-state index is 0.260. The molecular weight excluding hydrogens is 278 g/mol. The highest BCUT2D eigenvalue weighted by atomic mass is 35.5. The third kappa shape index (κ3) is 5.00. The Bertz CT molecular complexity index is 431. The molecule has 0 spiro atoms. The molecule has 0 aliphatic carbocycles. The second kappa shape index (κ2) is 7.47. The summed E-state index contributed by atoms with van der Waals surface area (Å²) in [6, 6.07) is 7.37. The first kappa shape index (κ1) is 15.1. The number of rotatable bonds is 6. The van der Waals surface area contributed by atoms with Crippen LogP contribution in [0, 0.1) is 0 Å². The van der Waals surface area contributed by atoms with E-state index in [1.807, 2.05) is 24.3 Å². The molecule has 0 saturated carbocycles. The zero-order valence-electron chi connectivity index (χ0n) is 11.4.